The normalized spacial score (nSPS) is 10.5. The van der Waals surface area contributed by atoms with Crippen LogP contribution in [-0.2, 0) is 6.42 Å². The van der Waals surface area contributed by atoms with Crippen molar-refractivity contribution in [3.05, 3.63) is 41.6 Å². The molecule has 78 valence electrons. The summed E-state index contributed by atoms with van der Waals surface area (Å²) in [7, 11) is 0. The molecule has 0 bridgehead atoms. The van der Waals surface area contributed by atoms with E-state index in [9.17, 15) is 0 Å². The highest BCUT2D eigenvalue weighted by Gasteiger charge is 2.07. The van der Waals surface area contributed by atoms with Gasteiger partial charge in [0.05, 0.1) is 5.02 Å². The zero-order chi connectivity index (χ0) is 10.7. The van der Waals surface area contributed by atoms with Crippen molar-refractivity contribution in [2.75, 3.05) is 0 Å². The molecule has 0 N–H and O–H groups in total. The summed E-state index contributed by atoms with van der Waals surface area (Å²) in [4.78, 5) is 8.54. The molecule has 2 aromatic heterocycles. The maximum absolute atomic E-state index is 6.08. The van der Waals surface area contributed by atoms with Gasteiger partial charge in [0, 0.05) is 25.0 Å². The van der Waals surface area contributed by atoms with Crippen molar-refractivity contribution >= 4 is 11.6 Å². The number of hydrogen-bond acceptors (Lipinski definition) is 2. The third-order valence-corrected chi connectivity index (χ3v) is 2.45. The van der Waals surface area contributed by atoms with E-state index in [0.29, 0.717) is 5.02 Å². The summed E-state index contributed by atoms with van der Waals surface area (Å²) in [6, 6.07) is 3.65. The van der Waals surface area contributed by atoms with Crippen LogP contribution in [0.4, 0.5) is 0 Å². The van der Waals surface area contributed by atoms with Crippen molar-refractivity contribution in [1.82, 2.24) is 14.5 Å². The second kappa shape index (κ2) is 4.45. The molecule has 3 nitrogen and oxygen atoms in total. The predicted molar refractivity (Wildman–Crippen MR) is 60.4 cm³/mol. The molecular weight excluding hydrogens is 210 g/mol. The average Bonchev–Trinajstić information content (AvgIpc) is 2.67. The zero-order valence-electron chi connectivity index (χ0n) is 8.52. The van der Waals surface area contributed by atoms with Gasteiger partial charge >= 0.3 is 0 Å². The van der Waals surface area contributed by atoms with E-state index in [1.807, 2.05) is 22.9 Å². The van der Waals surface area contributed by atoms with E-state index in [2.05, 4.69) is 16.9 Å². The van der Waals surface area contributed by atoms with Crippen molar-refractivity contribution in [3.63, 3.8) is 0 Å². The minimum Gasteiger partial charge on any atom is -0.287 e. The second-order valence-corrected chi connectivity index (χ2v) is 3.68. The highest BCUT2D eigenvalue weighted by molar-refractivity contribution is 6.32. The van der Waals surface area contributed by atoms with Gasteiger partial charge in [-0.05, 0) is 18.6 Å². The highest BCUT2D eigenvalue weighted by atomic mass is 35.5. The molecule has 0 atom stereocenters. The Bertz CT molecular complexity index is 451. The van der Waals surface area contributed by atoms with Crippen molar-refractivity contribution in [3.8, 4) is 5.82 Å². The molecule has 0 aliphatic heterocycles. The Morgan fingerprint density at radius 1 is 1.33 bits per heavy atom. The van der Waals surface area contributed by atoms with Crippen LogP contribution in [0.1, 0.15) is 19.2 Å². The molecule has 0 aliphatic carbocycles. The maximum atomic E-state index is 6.08. The number of halogens is 1. The summed E-state index contributed by atoms with van der Waals surface area (Å²) in [6.07, 6.45) is 7.38. The standard InChI is InChI=1S/C11H12ClN3/c1-2-4-10-13-7-8-15(10)11-9(12)5-3-6-14-11/h3,5-8H,2,4H2,1H3. The topological polar surface area (TPSA) is 30.7 Å². The fraction of sp³-hybridized carbons (Fsp3) is 0.273. The number of aromatic nitrogens is 3. The molecule has 0 radical (unpaired) electrons. The van der Waals surface area contributed by atoms with Gasteiger partial charge in [-0.2, -0.15) is 0 Å². The quantitative estimate of drug-likeness (QED) is 0.798. The molecule has 0 unspecified atom stereocenters. The van der Waals surface area contributed by atoms with Gasteiger partial charge in [-0.3, -0.25) is 4.57 Å². The largest absolute Gasteiger partial charge is 0.287 e. The molecule has 0 amide bonds. The summed E-state index contributed by atoms with van der Waals surface area (Å²) >= 11 is 6.08. The van der Waals surface area contributed by atoms with Gasteiger partial charge in [-0.1, -0.05) is 18.5 Å². The van der Waals surface area contributed by atoms with E-state index in [1.165, 1.54) is 0 Å². The number of hydrogen-bond donors (Lipinski definition) is 0. The van der Waals surface area contributed by atoms with Crippen LogP contribution in [0.5, 0.6) is 0 Å². The van der Waals surface area contributed by atoms with Crippen LogP contribution >= 0.6 is 11.6 Å². The maximum Gasteiger partial charge on any atom is 0.156 e. The average molecular weight is 222 g/mol. The molecule has 0 spiro atoms. The lowest BCUT2D eigenvalue weighted by atomic mass is 10.3. The summed E-state index contributed by atoms with van der Waals surface area (Å²) in [5.74, 6) is 1.75. The zero-order valence-corrected chi connectivity index (χ0v) is 9.28. The third kappa shape index (κ3) is 2.02. The number of rotatable bonds is 3. The van der Waals surface area contributed by atoms with Crippen LogP contribution in [0, 0.1) is 0 Å². The molecule has 2 rings (SSSR count). The van der Waals surface area contributed by atoms with E-state index >= 15 is 0 Å². The Hall–Kier alpha value is -1.35. The Balaban J connectivity index is 2.45. The van der Waals surface area contributed by atoms with Crippen molar-refractivity contribution < 1.29 is 0 Å². The number of nitrogens with zero attached hydrogens (tertiary/aromatic N) is 3. The summed E-state index contributed by atoms with van der Waals surface area (Å²) in [6.45, 7) is 2.12. The molecule has 0 saturated carbocycles. The molecule has 4 heteroatoms. The van der Waals surface area contributed by atoms with Crippen LogP contribution in [0.3, 0.4) is 0 Å². The van der Waals surface area contributed by atoms with Crippen LogP contribution in [-0.4, -0.2) is 14.5 Å². The van der Waals surface area contributed by atoms with Gasteiger partial charge in [0.15, 0.2) is 5.82 Å². The molecule has 0 aromatic carbocycles. The lowest BCUT2D eigenvalue weighted by Crippen LogP contribution is -2.02. The molecular formula is C11H12ClN3. The van der Waals surface area contributed by atoms with Crippen LogP contribution in [0.15, 0.2) is 30.7 Å². The Morgan fingerprint density at radius 2 is 2.20 bits per heavy atom. The Kier molecular flexibility index (Phi) is 3.02. The van der Waals surface area contributed by atoms with Crippen molar-refractivity contribution in [1.29, 1.82) is 0 Å². The number of pyridine rings is 1. The monoisotopic (exact) mass is 221 g/mol. The predicted octanol–water partition coefficient (Wildman–Crippen LogP) is 2.87. The Labute approximate surface area is 93.7 Å². The summed E-state index contributed by atoms with van der Waals surface area (Å²) in [5, 5.41) is 0.646. The molecule has 2 heterocycles. The minimum atomic E-state index is 0.646. The van der Waals surface area contributed by atoms with Gasteiger partial charge in [0.1, 0.15) is 5.82 Å². The van der Waals surface area contributed by atoms with Gasteiger partial charge in [-0.15, -0.1) is 0 Å². The first-order chi connectivity index (χ1) is 7.33. The van der Waals surface area contributed by atoms with Crippen LogP contribution in [0.25, 0.3) is 5.82 Å². The van der Waals surface area contributed by atoms with Crippen molar-refractivity contribution in [2.45, 2.75) is 19.8 Å². The third-order valence-electron chi connectivity index (χ3n) is 2.16. The molecule has 15 heavy (non-hydrogen) atoms. The minimum absolute atomic E-state index is 0.646. The fourth-order valence-electron chi connectivity index (χ4n) is 1.49. The van der Waals surface area contributed by atoms with Gasteiger partial charge in [-0.25, -0.2) is 9.97 Å². The van der Waals surface area contributed by atoms with Gasteiger partial charge in [0.25, 0.3) is 0 Å². The van der Waals surface area contributed by atoms with E-state index in [4.69, 9.17) is 11.6 Å². The Morgan fingerprint density at radius 3 is 2.93 bits per heavy atom. The van der Waals surface area contributed by atoms with Crippen molar-refractivity contribution in [2.24, 2.45) is 0 Å². The molecule has 0 saturated heterocycles. The van der Waals surface area contributed by atoms with E-state index < -0.39 is 0 Å². The molecule has 2 aromatic rings. The lowest BCUT2D eigenvalue weighted by Gasteiger charge is -2.07. The molecule has 0 fully saturated rings. The SMILES string of the molecule is CCCc1nccn1-c1ncccc1Cl. The fourth-order valence-corrected chi connectivity index (χ4v) is 1.70. The van der Waals surface area contributed by atoms with E-state index in [1.54, 1.807) is 12.4 Å². The highest BCUT2D eigenvalue weighted by Crippen LogP contribution is 2.18. The summed E-state index contributed by atoms with van der Waals surface area (Å²) < 4.78 is 1.94. The number of imidazole rings is 1. The molecule has 0 aliphatic rings. The van der Waals surface area contributed by atoms with Gasteiger partial charge < -0.3 is 0 Å². The second-order valence-electron chi connectivity index (χ2n) is 3.27. The van der Waals surface area contributed by atoms with E-state index in [0.717, 1.165) is 24.5 Å². The first-order valence-corrected chi connectivity index (χ1v) is 5.34. The lowest BCUT2D eigenvalue weighted by molar-refractivity contribution is 0.798. The smallest absolute Gasteiger partial charge is 0.156 e. The van der Waals surface area contributed by atoms with Crippen LogP contribution < -0.4 is 0 Å². The summed E-state index contributed by atoms with van der Waals surface area (Å²) in [5.41, 5.74) is 0. The van der Waals surface area contributed by atoms with Gasteiger partial charge in [0.2, 0.25) is 0 Å². The first kappa shape index (κ1) is 10.2. The number of aryl methyl sites for hydroxylation is 1. The van der Waals surface area contributed by atoms with E-state index in [-0.39, 0.29) is 0 Å². The first-order valence-electron chi connectivity index (χ1n) is 4.96. The van der Waals surface area contributed by atoms with Crippen LogP contribution in [0.2, 0.25) is 5.02 Å².